The molecule has 0 amide bonds. The zero-order valence-corrected chi connectivity index (χ0v) is 8.68. The number of hydrogen-bond donors (Lipinski definition) is 1. The predicted octanol–water partition coefficient (Wildman–Crippen LogP) is 2.52. The Morgan fingerprint density at radius 2 is 2.27 bits per heavy atom. The van der Waals surface area contributed by atoms with Crippen LogP contribution in [0.4, 0.5) is 4.39 Å². The molecule has 1 aliphatic carbocycles. The Kier molecular flexibility index (Phi) is 2.64. The van der Waals surface area contributed by atoms with Crippen LogP contribution in [0.1, 0.15) is 29.2 Å². The second-order valence-electron chi connectivity index (χ2n) is 3.61. The van der Waals surface area contributed by atoms with Crippen LogP contribution in [-0.2, 0) is 12.8 Å². The molecule has 0 bridgehead atoms. The second-order valence-corrected chi connectivity index (χ2v) is 4.02. The van der Waals surface area contributed by atoms with E-state index in [1.54, 1.807) is 12.1 Å². The molecule has 1 aliphatic rings. The Morgan fingerprint density at radius 3 is 2.93 bits per heavy atom. The number of aryl methyl sites for hydroxylation is 1. The summed E-state index contributed by atoms with van der Waals surface area (Å²) < 4.78 is 13.7. The summed E-state index contributed by atoms with van der Waals surface area (Å²) in [5.41, 5.74) is 1.77. The van der Waals surface area contributed by atoms with E-state index in [-0.39, 0.29) is 10.6 Å². The van der Waals surface area contributed by atoms with Crippen LogP contribution in [0.25, 0.3) is 0 Å². The summed E-state index contributed by atoms with van der Waals surface area (Å²) in [6.45, 7) is 0. The molecule has 2 rings (SSSR count). The molecule has 0 heterocycles. The maximum atomic E-state index is 13.7. The number of nitriles is 1. The Labute approximate surface area is 91.9 Å². The van der Waals surface area contributed by atoms with E-state index in [1.165, 1.54) is 0 Å². The molecule has 1 atom stereocenters. The average Bonchev–Trinajstić information content (AvgIpc) is 2.66. The lowest BCUT2D eigenvalue weighted by Crippen LogP contribution is -2.04. The van der Waals surface area contributed by atoms with Crippen LogP contribution < -0.4 is 0 Å². The van der Waals surface area contributed by atoms with Crippen LogP contribution >= 0.6 is 11.6 Å². The maximum Gasteiger partial charge on any atom is 0.169 e. The van der Waals surface area contributed by atoms with Crippen molar-refractivity contribution in [1.82, 2.24) is 0 Å². The van der Waals surface area contributed by atoms with E-state index in [2.05, 4.69) is 0 Å². The topological polar surface area (TPSA) is 44.0 Å². The minimum atomic E-state index is -1.42. The predicted molar refractivity (Wildman–Crippen MR) is 54.0 cm³/mol. The molecule has 0 fully saturated rings. The monoisotopic (exact) mass is 225 g/mol. The molecular weight excluding hydrogens is 217 g/mol. The summed E-state index contributed by atoms with van der Waals surface area (Å²) in [4.78, 5) is 0. The van der Waals surface area contributed by atoms with Crippen molar-refractivity contribution in [3.05, 3.63) is 33.6 Å². The number of fused-ring (bicyclic) bond motifs is 1. The molecule has 0 saturated carbocycles. The Balaban J connectivity index is 2.66. The third kappa shape index (κ3) is 1.60. The molecule has 0 saturated heterocycles. The second kappa shape index (κ2) is 3.80. The summed E-state index contributed by atoms with van der Waals surface area (Å²) >= 11 is 5.70. The maximum absolute atomic E-state index is 13.7. The van der Waals surface area contributed by atoms with Crippen LogP contribution in [0, 0.1) is 17.1 Å². The van der Waals surface area contributed by atoms with Crippen LogP contribution in [0.15, 0.2) is 6.07 Å². The number of benzene rings is 1. The number of hydrogen-bond acceptors (Lipinski definition) is 2. The lowest BCUT2D eigenvalue weighted by molar-refractivity contribution is 0.229. The molecule has 1 aromatic carbocycles. The first-order chi connectivity index (χ1) is 7.15. The first-order valence-corrected chi connectivity index (χ1v) is 5.10. The van der Waals surface area contributed by atoms with E-state index in [9.17, 15) is 9.50 Å². The zero-order chi connectivity index (χ0) is 11.0. The molecule has 2 nitrogen and oxygen atoms in total. The van der Waals surface area contributed by atoms with Gasteiger partial charge in [-0.15, -0.1) is 0 Å². The van der Waals surface area contributed by atoms with E-state index in [0.29, 0.717) is 6.42 Å². The van der Waals surface area contributed by atoms with Crippen molar-refractivity contribution < 1.29 is 9.50 Å². The van der Waals surface area contributed by atoms with Crippen LogP contribution in [0.5, 0.6) is 0 Å². The van der Waals surface area contributed by atoms with Gasteiger partial charge in [0.15, 0.2) is 6.10 Å². The summed E-state index contributed by atoms with van der Waals surface area (Å²) in [5, 5.41) is 18.1. The quantitative estimate of drug-likeness (QED) is 0.747. The highest BCUT2D eigenvalue weighted by molar-refractivity contribution is 6.30. The number of nitrogens with zero attached hydrogens (tertiary/aromatic N) is 1. The number of aliphatic hydroxyl groups is 1. The SMILES string of the molecule is N#CC(O)c1c(F)c(Cl)cc2c1CCC2. The van der Waals surface area contributed by atoms with Gasteiger partial charge in [0.25, 0.3) is 0 Å². The van der Waals surface area contributed by atoms with Crippen LogP contribution in [0.2, 0.25) is 5.02 Å². The molecule has 1 unspecified atom stereocenters. The van der Waals surface area contributed by atoms with Crippen molar-refractivity contribution in [1.29, 1.82) is 5.26 Å². The summed E-state index contributed by atoms with van der Waals surface area (Å²) in [5.74, 6) is -0.661. The van der Waals surface area contributed by atoms with E-state index < -0.39 is 11.9 Å². The van der Waals surface area contributed by atoms with Crippen molar-refractivity contribution in [2.24, 2.45) is 0 Å². The molecule has 15 heavy (non-hydrogen) atoms. The van der Waals surface area contributed by atoms with Crippen molar-refractivity contribution in [3.63, 3.8) is 0 Å². The average molecular weight is 226 g/mol. The van der Waals surface area contributed by atoms with Crippen molar-refractivity contribution >= 4 is 11.6 Å². The zero-order valence-electron chi connectivity index (χ0n) is 7.93. The first kappa shape index (κ1) is 10.4. The summed E-state index contributed by atoms with van der Waals surface area (Å²) in [7, 11) is 0. The summed E-state index contributed by atoms with van der Waals surface area (Å²) in [6.07, 6.45) is 1.04. The summed E-state index contributed by atoms with van der Waals surface area (Å²) in [6, 6.07) is 3.23. The fourth-order valence-electron chi connectivity index (χ4n) is 2.06. The van der Waals surface area contributed by atoms with E-state index >= 15 is 0 Å². The van der Waals surface area contributed by atoms with E-state index in [4.69, 9.17) is 16.9 Å². The van der Waals surface area contributed by atoms with Crippen LogP contribution in [-0.4, -0.2) is 5.11 Å². The number of halogens is 2. The molecule has 0 radical (unpaired) electrons. The largest absolute Gasteiger partial charge is 0.374 e. The van der Waals surface area contributed by atoms with Gasteiger partial charge in [0.1, 0.15) is 5.82 Å². The van der Waals surface area contributed by atoms with Gasteiger partial charge in [-0.3, -0.25) is 0 Å². The molecular formula is C11H9ClFNO. The molecule has 4 heteroatoms. The van der Waals surface area contributed by atoms with Crippen molar-refractivity contribution in [3.8, 4) is 6.07 Å². The molecule has 0 aromatic heterocycles. The Hall–Kier alpha value is -1.11. The minimum absolute atomic E-state index is 0.0139. The first-order valence-electron chi connectivity index (χ1n) is 4.72. The van der Waals surface area contributed by atoms with Gasteiger partial charge in [-0.2, -0.15) is 5.26 Å². The third-order valence-corrected chi connectivity index (χ3v) is 3.00. The molecule has 1 N–H and O–H groups in total. The van der Waals surface area contributed by atoms with E-state index in [0.717, 1.165) is 24.0 Å². The smallest absolute Gasteiger partial charge is 0.169 e. The Bertz CT molecular complexity index is 453. The highest BCUT2D eigenvalue weighted by Crippen LogP contribution is 2.35. The van der Waals surface area contributed by atoms with Gasteiger partial charge in [0, 0.05) is 5.56 Å². The van der Waals surface area contributed by atoms with E-state index in [1.807, 2.05) is 0 Å². The molecule has 0 spiro atoms. The van der Waals surface area contributed by atoms with Gasteiger partial charge < -0.3 is 5.11 Å². The normalized spacial score (nSPS) is 15.9. The fourth-order valence-corrected chi connectivity index (χ4v) is 2.29. The van der Waals surface area contributed by atoms with Crippen molar-refractivity contribution in [2.75, 3.05) is 0 Å². The third-order valence-electron chi connectivity index (χ3n) is 2.73. The lowest BCUT2D eigenvalue weighted by Gasteiger charge is -2.12. The fraction of sp³-hybridized carbons (Fsp3) is 0.364. The van der Waals surface area contributed by atoms with Gasteiger partial charge in [0.2, 0.25) is 0 Å². The van der Waals surface area contributed by atoms with Gasteiger partial charge >= 0.3 is 0 Å². The number of aliphatic hydroxyl groups excluding tert-OH is 1. The van der Waals surface area contributed by atoms with Gasteiger partial charge in [-0.1, -0.05) is 11.6 Å². The lowest BCUT2D eigenvalue weighted by atomic mass is 9.99. The molecule has 1 aromatic rings. The standard InChI is InChI=1S/C11H9ClFNO/c12-8-4-6-2-1-3-7(6)10(11(8)13)9(15)5-14/h4,9,15H,1-3H2. The molecule has 78 valence electrons. The van der Waals surface area contributed by atoms with Gasteiger partial charge in [-0.05, 0) is 36.5 Å². The van der Waals surface area contributed by atoms with Gasteiger partial charge in [0.05, 0.1) is 11.1 Å². The van der Waals surface area contributed by atoms with Crippen LogP contribution in [0.3, 0.4) is 0 Å². The Morgan fingerprint density at radius 1 is 1.53 bits per heavy atom. The molecule has 0 aliphatic heterocycles. The van der Waals surface area contributed by atoms with Gasteiger partial charge in [-0.25, -0.2) is 4.39 Å². The van der Waals surface area contributed by atoms with Crippen molar-refractivity contribution in [2.45, 2.75) is 25.4 Å². The number of rotatable bonds is 1. The highest BCUT2D eigenvalue weighted by atomic mass is 35.5. The highest BCUT2D eigenvalue weighted by Gasteiger charge is 2.25. The minimum Gasteiger partial charge on any atom is -0.374 e.